The first-order chi connectivity index (χ1) is 14.4. The monoisotopic (exact) mass is 419 g/mol. The van der Waals surface area contributed by atoms with Gasteiger partial charge in [-0.25, -0.2) is 4.79 Å². The molecule has 2 aromatic carbocycles. The molecule has 0 atom stereocenters. The van der Waals surface area contributed by atoms with E-state index in [1.807, 2.05) is 31.2 Å². The number of carbonyl (C=O) groups is 2. The predicted octanol–water partition coefficient (Wildman–Crippen LogP) is 3.52. The molecule has 0 aliphatic rings. The predicted molar refractivity (Wildman–Crippen MR) is 108 cm³/mol. The molecule has 0 spiro atoms. The van der Waals surface area contributed by atoms with Crippen LogP contribution in [0.25, 0.3) is 6.08 Å². The third-order valence-corrected chi connectivity index (χ3v) is 4.16. The SMILES string of the molecule is COc1cccc(/C=C/C(=O)OCC(=O)NCCc2ccccc2C)c1OC(F)F. The summed E-state index contributed by atoms with van der Waals surface area (Å²) in [5, 5.41) is 2.67. The number of para-hydroxylation sites is 1. The van der Waals surface area contributed by atoms with E-state index >= 15 is 0 Å². The summed E-state index contributed by atoms with van der Waals surface area (Å²) in [6, 6.07) is 12.3. The minimum atomic E-state index is -3.05. The van der Waals surface area contributed by atoms with Crippen molar-refractivity contribution in [2.75, 3.05) is 20.3 Å². The summed E-state index contributed by atoms with van der Waals surface area (Å²) in [6.45, 7) is -1.10. The van der Waals surface area contributed by atoms with Gasteiger partial charge in [-0.15, -0.1) is 0 Å². The van der Waals surface area contributed by atoms with Crippen molar-refractivity contribution >= 4 is 18.0 Å². The molecule has 160 valence electrons. The number of benzene rings is 2. The molecule has 0 saturated carbocycles. The van der Waals surface area contributed by atoms with Crippen LogP contribution in [-0.4, -0.2) is 38.7 Å². The van der Waals surface area contributed by atoms with Gasteiger partial charge < -0.3 is 19.5 Å². The second kappa shape index (κ2) is 11.5. The Bertz CT molecular complexity index is 899. The minimum Gasteiger partial charge on any atom is -0.493 e. The van der Waals surface area contributed by atoms with Crippen molar-refractivity contribution in [3.8, 4) is 11.5 Å². The Hall–Kier alpha value is -3.42. The molecule has 0 fully saturated rings. The molecular formula is C22H23F2NO5. The number of hydrogen-bond donors (Lipinski definition) is 1. The van der Waals surface area contributed by atoms with Gasteiger partial charge in [0.1, 0.15) is 0 Å². The smallest absolute Gasteiger partial charge is 0.387 e. The highest BCUT2D eigenvalue weighted by molar-refractivity contribution is 5.89. The first-order valence-corrected chi connectivity index (χ1v) is 9.18. The zero-order valence-electron chi connectivity index (χ0n) is 16.7. The fraction of sp³-hybridized carbons (Fsp3) is 0.273. The molecule has 0 bridgehead atoms. The maximum atomic E-state index is 12.6. The summed E-state index contributed by atoms with van der Waals surface area (Å²) < 4.78 is 39.6. The second-order valence-corrected chi connectivity index (χ2v) is 6.22. The van der Waals surface area contributed by atoms with Gasteiger partial charge in [0.05, 0.1) is 7.11 Å². The van der Waals surface area contributed by atoms with Crippen molar-refractivity contribution in [2.24, 2.45) is 0 Å². The largest absolute Gasteiger partial charge is 0.493 e. The fourth-order valence-electron chi connectivity index (χ4n) is 2.66. The van der Waals surface area contributed by atoms with E-state index in [4.69, 9.17) is 9.47 Å². The van der Waals surface area contributed by atoms with Crippen LogP contribution in [0.3, 0.4) is 0 Å². The molecule has 0 aromatic heterocycles. The number of halogens is 2. The van der Waals surface area contributed by atoms with Crippen molar-refractivity contribution in [2.45, 2.75) is 20.0 Å². The lowest BCUT2D eigenvalue weighted by Gasteiger charge is -2.12. The summed E-state index contributed by atoms with van der Waals surface area (Å²) in [6.07, 6.45) is 2.93. The molecule has 0 unspecified atom stereocenters. The van der Waals surface area contributed by atoms with Gasteiger partial charge in [-0.2, -0.15) is 8.78 Å². The number of ether oxygens (including phenoxy) is 3. The second-order valence-electron chi connectivity index (χ2n) is 6.22. The molecule has 30 heavy (non-hydrogen) atoms. The van der Waals surface area contributed by atoms with Crippen molar-refractivity contribution in [3.05, 3.63) is 65.2 Å². The summed E-state index contributed by atoms with van der Waals surface area (Å²) in [4.78, 5) is 23.7. The Morgan fingerprint density at radius 3 is 2.60 bits per heavy atom. The Balaban J connectivity index is 1.83. The van der Waals surface area contributed by atoms with Gasteiger partial charge in [0.25, 0.3) is 5.91 Å². The van der Waals surface area contributed by atoms with E-state index < -0.39 is 25.1 Å². The summed E-state index contributed by atoms with van der Waals surface area (Å²) in [5.74, 6) is -1.34. The Morgan fingerprint density at radius 2 is 1.90 bits per heavy atom. The maximum absolute atomic E-state index is 12.6. The topological polar surface area (TPSA) is 73.9 Å². The van der Waals surface area contributed by atoms with Gasteiger partial charge in [-0.1, -0.05) is 36.4 Å². The van der Waals surface area contributed by atoms with E-state index in [-0.39, 0.29) is 17.1 Å². The number of hydrogen-bond acceptors (Lipinski definition) is 5. The van der Waals surface area contributed by atoms with Crippen LogP contribution in [0, 0.1) is 6.92 Å². The van der Waals surface area contributed by atoms with Crippen LogP contribution < -0.4 is 14.8 Å². The molecule has 0 saturated heterocycles. The highest BCUT2D eigenvalue weighted by Gasteiger charge is 2.14. The van der Waals surface area contributed by atoms with E-state index in [0.717, 1.165) is 17.2 Å². The molecule has 0 radical (unpaired) electrons. The number of alkyl halides is 2. The van der Waals surface area contributed by atoms with Gasteiger partial charge in [0.15, 0.2) is 18.1 Å². The lowest BCUT2D eigenvalue weighted by atomic mass is 10.1. The van der Waals surface area contributed by atoms with E-state index in [9.17, 15) is 18.4 Å². The number of amides is 1. The van der Waals surface area contributed by atoms with Crippen LogP contribution >= 0.6 is 0 Å². The average Bonchev–Trinajstić information content (AvgIpc) is 2.72. The van der Waals surface area contributed by atoms with Gasteiger partial charge in [-0.05, 0) is 36.6 Å². The van der Waals surface area contributed by atoms with Crippen molar-refractivity contribution in [3.63, 3.8) is 0 Å². The zero-order chi connectivity index (χ0) is 21.9. The van der Waals surface area contributed by atoms with Crippen LogP contribution in [0.5, 0.6) is 11.5 Å². The van der Waals surface area contributed by atoms with E-state index in [2.05, 4.69) is 10.1 Å². The quantitative estimate of drug-likeness (QED) is 0.471. The van der Waals surface area contributed by atoms with E-state index in [0.29, 0.717) is 13.0 Å². The Kier molecular flexibility index (Phi) is 8.80. The summed E-state index contributed by atoms with van der Waals surface area (Å²) in [7, 11) is 1.31. The molecule has 0 heterocycles. The number of nitrogens with one attached hydrogen (secondary N) is 1. The van der Waals surface area contributed by atoms with Gasteiger partial charge in [-0.3, -0.25) is 4.79 Å². The molecule has 8 heteroatoms. The molecule has 1 amide bonds. The fourth-order valence-corrected chi connectivity index (χ4v) is 2.66. The van der Waals surface area contributed by atoms with Crippen molar-refractivity contribution in [1.29, 1.82) is 0 Å². The summed E-state index contributed by atoms with van der Waals surface area (Å²) >= 11 is 0. The number of rotatable bonds is 10. The maximum Gasteiger partial charge on any atom is 0.387 e. The lowest BCUT2D eigenvalue weighted by molar-refractivity contribution is -0.143. The van der Waals surface area contributed by atoms with E-state index in [1.165, 1.54) is 25.3 Å². The molecule has 2 rings (SSSR count). The average molecular weight is 419 g/mol. The Labute approximate surface area is 173 Å². The molecule has 1 N–H and O–H groups in total. The molecular weight excluding hydrogens is 396 g/mol. The zero-order valence-corrected chi connectivity index (χ0v) is 16.7. The van der Waals surface area contributed by atoms with Crippen LogP contribution in [-0.2, 0) is 20.7 Å². The van der Waals surface area contributed by atoms with Gasteiger partial charge in [0.2, 0.25) is 0 Å². The highest BCUT2D eigenvalue weighted by atomic mass is 19.3. The third kappa shape index (κ3) is 7.20. The molecule has 0 aliphatic heterocycles. The van der Waals surface area contributed by atoms with Gasteiger partial charge in [0, 0.05) is 18.2 Å². The van der Waals surface area contributed by atoms with Crippen LogP contribution in [0.2, 0.25) is 0 Å². The lowest BCUT2D eigenvalue weighted by Crippen LogP contribution is -2.30. The van der Waals surface area contributed by atoms with E-state index in [1.54, 1.807) is 6.07 Å². The van der Waals surface area contributed by atoms with Crippen molar-refractivity contribution < 1.29 is 32.6 Å². The number of esters is 1. The third-order valence-electron chi connectivity index (χ3n) is 4.16. The van der Waals surface area contributed by atoms with Gasteiger partial charge >= 0.3 is 12.6 Å². The first kappa shape index (κ1) is 22.9. The summed E-state index contributed by atoms with van der Waals surface area (Å²) in [5.41, 5.74) is 2.46. The molecule has 6 nitrogen and oxygen atoms in total. The van der Waals surface area contributed by atoms with Crippen LogP contribution in [0.4, 0.5) is 8.78 Å². The molecule has 2 aromatic rings. The van der Waals surface area contributed by atoms with Crippen LogP contribution in [0.1, 0.15) is 16.7 Å². The Morgan fingerprint density at radius 1 is 1.13 bits per heavy atom. The first-order valence-electron chi connectivity index (χ1n) is 9.18. The number of carbonyl (C=O) groups excluding carboxylic acids is 2. The number of aryl methyl sites for hydroxylation is 1. The normalized spacial score (nSPS) is 10.8. The molecule has 0 aliphatic carbocycles. The number of methoxy groups -OCH3 is 1. The van der Waals surface area contributed by atoms with Crippen LogP contribution in [0.15, 0.2) is 48.5 Å². The van der Waals surface area contributed by atoms with Crippen molar-refractivity contribution in [1.82, 2.24) is 5.32 Å². The highest BCUT2D eigenvalue weighted by Crippen LogP contribution is 2.33. The standard InChI is InChI=1S/C22H23F2NO5/c1-15-6-3-4-7-16(15)12-13-25-19(26)14-29-20(27)11-10-17-8-5-9-18(28-2)21(17)30-22(23)24/h3-11,22H,12-14H2,1-2H3,(H,25,26)/b11-10+. The minimum absolute atomic E-state index is 0.0962.